The molecular formula is C22H22ClN3OS. The van der Waals surface area contributed by atoms with Crippen molar-refractivity contribution in [1.82, 2.24) is 15.2 Å². The van der Waals surface area contributed by atoms with E-state index >= 15 is 0 Å². The summed E-state index contributed by atoms with van der Waals surface area (Å²) in [6.45, 7) is 6.25. The molecule has 0 unspecified atom stereocenters. The fourth-order valence-electron chi connectivity index (χ4n) is 3.64. The van der Waals surface area contributed by atoms with Crippen LogP contribution in [0.15, 0.2) is 59.1 Å². The summed E-state index contributed by atoms with van der Waals surface area (Å²) in [5, 5.41) is 4.88. The average Bonchev–Trinajstić information content (AvgIpc) is 3.29. The van der Waals surface area contributed by atoms with Gasteiger partial charge in [-0.2, -0.15) is 0 Å². The number of aryl methyl sites for hydroxylation is 1. The molecule has 3 heterocycles. The molecule has 0 radical (unpaired) electrons. The van der Waals surface area contributed by atoms with Crippen LogP contribution in [-0.4, -0.2) is 21.0 Å². The average molecular weight is 412 g/mol. The lowest BCUT2D eigenvalue weighted by molar-refractivity contribution is 0.237. The third kappa shape index (κ3) is 3.40. The maximum Gasteiger partial charge on any atom is 0.170 e. The number of rotatable bonds is 4. The molecule has 0 bridgehead atoms. The van der Waals surface area contributed by atoms with Crippen molar-refractivity contribution >= 4 is 28.9 Å². The molecule has 1 aromatic carbocycles. The molecule has 2 atom stereocenters. The van der Waals surface area contributed by atoms with Gasteiger partial charge >= 0.3 is 0 Å². The lowest BCUT2D eigenvalue weighted by Crippen LogP contribution is -2.35. The van der Waals surface area contributed by atoms with Crippen molar-refractivity contribution in [3.05, 3.63) is 76.8 Å². The summed E-state index contributed by atoms with van der Waals surface area (Å²) in [6.07, 6.45) is 1.80. The number of nitrogens with one attached hydrogen (secondary N) is 1. The van der Waals surface area contributed by atoms with Gasteiger partial charge in [0.2, 0.25) is 0 Å². The first kappa shape index (κ1) is 19.0. The normalized spacial score (nSPS) is 19.3. The molecule has 0 spiro atoms. The third-order valence-corrected chi connectivity index (χ3v) is 5.80. The van der Waals surface area contributed by atoms with Gasteiger partial charge in [-0.15, -0.1) is 0 Å². The van der Waals surface area contributed by atoms with E-state index in [0.717, 1.165) is 33.4 Å². The predicted octanol–water partition coefficient (Wildman–Crippen LogP) is 5.68. The van der Waals surface area contributed by atoms with Gasteiger partial charge in [-0.1, -0.05) is 29.8 Å². The maximum atomic E-state index is 6.30. The zero-order valence-electron chi connectivity index (χ0n) is 16.0. The van der Waals surface area contributed by atoms with Gasteiger partial charge in [0.05, 0.1) is 11.7 Å². The lowest BCUT2D eigenvalue weighted by Gasteiger charge is -2.29. The Kier molecular flexibility index (Phi) is 5.13. The fraction of sp³-hybridized carbons (Fsp3) is 0.273. The molecule has 6 heteroatoms. The molecule has 0 saturated carbocycles. The van der Waals surface area contributed by atoms with E-state index in [1.165, 1.54) is 0 Å². The summed E-state index contributed by atoms with van der Waals surface area (Å²) in [6, 6.07) is 16.0. The summed E-state index contributed by atoms with van der Waals surface area (Å²) in [5.74, 6) is 1.64. The van der Waals surface area contributed by atoms with Gasteiger partial charge in [-0.05, 0) is 68.9 Å². The van der Waals surface area contributed by atoms with Crippen molar-refractivity contribution < 1.29 is 4.42 Å². The van der Waals surface area contributed by atoms with E-state index < -0.39 is 0 Å². The minimum absolute atomic E-state index is 0.0722. The molecule has 1 aliphatic rings. The van der Waals surface area contributed by atoms with E-state index in [9.17, 15) is 0 Å². The predicted molar refractivity (Wildman–Crippen MR) is 116 cm³/mol. The second kappa shape index (κ2) is 7.57. The number of thiocarbonyl (C=S) groups is 1. The molecule has 28 heavy (non-hydrogen) atoms. The van der Waals surface area contributed by atoms with Crippen molar-refractivity contribution in [2.75, 3.05) is 0 Å². The van der Waals surface area contributed by atoms with Crippen LogP contribution < -0.4 is 5.32 Å². The molecule has 1 fully saturated rings. The van der Waals surface area contributed by atoms with Gasteiger partial charge < -0.3 is 14.6 Å². The van der Waals surface area contributed by atoms with Crippen LogP contribution in [0.4, 0.5) is 0 Å². The summed E-state index contributed by atoms with van der Waals surface area (Å²) in [5.41, 5.74) is 2.94. The Bertz CT molecular complexity index is 1000. The highest BCUT2D eigenvalue weighted by Gasteiger charge is 2.42. The van der Waals surface area contributed by atoms with Gasteiger partial charge in [0.25, 0.3) is 0 Å². The highest BCUT2D eigenvalue weighted by Crippen LogP contribution is 2.41. The van der Waals surface area contributed by atoms with Crippen LogP contribution in [0, 0.1) is 6.92 Å². The molecular weight excluding hydrogens is 390 g/mol. The summed E-state index contributed by atoms with van der Waals surface area (Å²) < 4.78 is 6.30. The van der Waals surface area contributed by atoms with Gasteiger partial charge in [0, 0.05) is 22.8 Å². The van der Waals surface area contributed by atoms with Crippen LogP contribution in [-0.2, 0) is 0 Å². The monoisotopic (exact) mass is 411 g/mol. The van der Waals surface area contributed by atoms with Crippen LogP contribution in [0.2, 0.25) is 5.02 Å². The van der Waals surface area contributed by atoms with Gasteiger partial charge in [0.15, 0.2) is 5.11 Å². The second-order valence-corrected chi connectivity index (χ2v) is 8.09. The number of aromatic nitrogens is 1. The first-order chi connectivity index (χ1) is 13.5. The van der Waals surface area contributed by atoms with Crippen molar-refractivity contribution in [1.29, 1.82) is 0 Å². The molecule has 4 rings (SSSR count). The van der Waals surface area contributed by atoms with Crippen LogP contribution >= 0.6 is 23.8 Å². The van der Waals surface area contributed by atoms with Crippen molar-refractivity contribution in [2.45, 2.75) is 38.9 Å². The summed E-state index contributed by atoms with van der Waals surface area (Å²) in [7, 11) is 0. The van der Waals surface area contributed by atoms with E-state index in [1.54, 1.807) is 6.20 Å². The molecule has 0 aliphatic carbocycles. The highest BCUT2D eigenvalue weighted by molar-refractivity contribution is 7.80. The van der Waals surface area contributed by atoms with Crippen molar-refractivity contribution in [3.63, 3.8) is 0 Å². The third-order valence-electron chi connectivity index (χ3n) is 5.07. The largest absolute Gasteiger partial charge is 0.459 e. The Hall–Kier alpha value is -2.37. The van der Waals surface area contributed by atoms with E-state index in [2.05, 4.69) is 29.0 Å². The van der Waals surface area contributed by atoms with Gasteiger partial charge in [-0.3, -0.25) is 4.98 Å². The second-order valence-electron chi connectivity index (χ2n) is 7.29. The van der Waals surface area contributed by atoms with Crippen LogP contribution in [0.3, 0.4) is 0 Å². The number of furan rings is 1. The van der Waals surface area contributed by atoms with E-state index in [0.29, 0.717) is 5.11 Å². The number of hydrogen-bond acceptors (Lipinski definition) is 3. The van der Waals surface area contributed by atoms with Crippen molar-refractivity contribution in [2.24, 2.45) is 0 Å². The number of nitrogens with zero attached hydrogens (tertiary/aromatic N) is 2. The van der Waals surface area contributed by atoms with Crippen LogP contribution in [0.25, 0.3) is 11.3 Å². The molecule has 1 aliphatic heterocycles. The molecule has 4 nitrogen and oxygen atoms in total. The lowest BCUT2D eigenvalue weighted by atomic mass is 10.0. The number of pyridine rings is 1. The molecule has 144 valence electrons. The smallest absolute Gasteiger partial charge is 0.170 e. The first-order valence-corrected chi connectivity index (χ1v) is 10.1. The molecule has 3 aromatic rings. The zero-order chi connectivity index (χ0) is 19.8. The first-order valence-electron chi connectivity index (χ1n) is 9.31. The Balaban J connectivity index is 1.74. The maximum absolute atomic E-state index is 6.30. The Morgan fingerprint density at radius 3 is 2.68 bits per heavy atom. The van der Waals surface area contributed by atoms with E-state index in [-0.39, 0.29) is 18.1 Å². The van der Waals surface area contributed by atoms with Crippen LogP contribution in [0.5, 0.6) is 0 Å². The quantitative estimate of drug-likeness (QED) is 0.559. The van der Waals surface area contributed by atoms with E-state index in [4.69, 9.17) is 28.2 Å². The highest BCUT2D eigenvalue weighted by atomic mass is 35.5. The minimum atomic E-state index is -0.0725. The van der Waals surface area contributed by atoms with E-state index in [1.807, 2.05) is 55.5 Å². The number of halogens is 1. The number of hydrogen-bond donors (Lipinski definition) is 1. The molecule has 1 saturated heterocycles. The summed E-state index contributed by atoms with van der Waals surface area (Å²) in [4.78, 5) is 6.72. The minimum Gasteiger partial charge on any atom is -0.459 e. The van der Waals surface area contributed by atoms with Gasteiger partial charge in [0.1, 0.15) is 17.6 Å². The summed E-state index contributed by atoms with van der Waals surface area (Å²) >= 11 is 11.9. The molecule has 2 aromatic heterocycles. The Labute approximate surface area is 175 Å². The Morgan fingerprint density at radius 1 is 1.18 bits per heavy atom. The van der Waals surface area contributed by atoms with Gasteiger partial charge in [-0.25, -0.2) is 0 Å². The Morgan fingerprint density at radius 2 is 2.00 bits per heavy atom. The molecule has 1 N–H and O–H groups in total. The van der Waals surface area contributed by atoms with Crippen LogP contribution in [0.1, 0.15) is 42.9 Å². The molecule has 0 amide bonds. The van der Waals surface area contributed by atoms with Crippen molar-refractivity contribution in [3.8, 4) is 11.3 Å². The zero-order valence-corrected chi connectivity index (χ0v) is 17.6. The fourth-order valence-corrected chi connectivity index (χ4v) is 4.27. The standard InChI is InChI=1S/C22H22ClN3OS/c1-13(2)26-21(20(25-22(26)28)17-6-4-5-11-24-17)19-10-9-18(27-19)15-8-7-14(3)16(23)12-15/h4-13,20-21H,1-3H3,(H,25,28)/t20-,21-/m0/s1. The number of benzene rings is 1. The topological polar surface area (TPSA) is 41.3 Å². The SMILES string of the molecule is Cc1ccc(-c2ccc([C@H]3[C@H](c4ccccn4)NC(=S)N3C(C)C)o2)cc1Cl.